The lowest BCUT2D eigenvalue weighted by atomic mass is 10.2. The third kappa shape index (κ3) is 2.47. The molecule has 19 heavy (non-hydrogen) atoms. The zero-order valence-corrected chi connectivity index (χ0v) is 10.3. The van der Waals surface area contributed by atoms with Crippen LogP contribution in [0.5, 0.6) is 0 Å². The SMILES string of the molecule is CO[C@@H]1CN[C@@H](c2nc(-c3ccc(F)cn3)no2)C1. The number of ether oxygens (including phenoxy) is 1. The van der Waals surface area contributed by atoms with Crippen LogP contribution in [0, 0.1) is 5.82 Å². The van der Waals surface area contributed by atoms with Gasteiger partial charge in [-0.25, -0.2) is 9.37 Å². The fourth-order valence-electron chi connectivity index (χ4n) is 2.06. The molecular weight excluding hydrogens is 251 g/mol. The van der Waals surface area contributed by atoms with Crippen molar-refractivity contribution in [2.75, 3.05) is 13.7 Å². The average molecular weight is 264 g/mol. The van der Waals surface area contributed by atoms with Crippen LogP contribution < -0.4 is 5.32 Å². The van der Waals surface area contributed by atoms with Crippen LogP contribution in [0.2, 0.25) is 0 Å². The summed E-state index contributed by atoms with van der Waals surface area (Å²) >= 11 is 0. The van der Waals surface area contributed by atoms with Crippen LogP contribution in [-0.2, 0) is 4.74 Å². The Hall–Kier alpha value is -1.86. The number of pyridine rings is 1. The molecule has 2 aromatic heterocycles. The number of halogens is 1. The molecule has 2 atom stereocenters. The highest BCUT2D eigenvalue weighted by Gasteiger charge is 2.29. The van der Waals surface area contributed by atoms with Gasteiger partial charge in [-0.1, -0.05) is 5.16 Å². The Labute approximate surface area is 109 Å². The van der Waals surface area contributed by atoms with E-state index in [0.717, 1.165) is 19.2 Å². The van der Waals surface area contributed by atoms with Crippen molar-refractivity contribution in [3.8, 4) is 11.5 Å². The van der Waals surface area contributed by atoms with Crippen molar-refractivity contribution < 1.29 is 13.7 Å². The first-order valence-electron chi connectivity index (χ1n) is 5.98. The molecular formula is C12H13FN4O2. The molecule has 2 aromatic rings. The standard InChI is InChI=1S/C12H13FN4O2/c1-18-8-4-10(15-6-8)12-16-11(17-19-12)9-3-2-7(13)5-14-9/h2-3,5,8,10,15H,4,6H2,1H3/t8-,10+/m0/s1. The van der Waals surface area contributed by atoms with E-state index in [0.29, 0.717) is 17.4 Å². The second kappa shape index (κ2) is 5.02. The third-order valence-electron chi connectivity index (χ3n) is 3.12. The van der Waals surface area contributed by atoms with E-state index in [4.69, 9.17) is 9.26 Å². The van der Waals surface area contributed by atoms with Gasteiger partial charge in [0.05, 0.1) is 18.3 Å². The van der Waals surface area contributed by atoms with Crippen molar-refractivity contribution in [3.63, 3.8) is 0 Å². The minimum Gasteiger partial charge on any atom is -0.380 e. The molecule has 1 aliphatic rings. The van der Waals surface area contributed by atoms with E-state index in [2.05, 4.69) is 20.4 Å². The normalized spacial score (nSPS) is 22.8. The van der Waals surface area contributed by atoms with Gasteiger partial charge in [0.2, 0.25) is 11.7 Å². The summed E-state index contributed by atoms with van der Waals surface area (Å²) in [6.07, 6.45) is 2.07. The summed E-state index contributed by atoms with van der Waals surface area (Å²) in [5, 5.41) is 7.11. The van der Waals surface area contributed by atoms with E-state index in [1.807, 2.05) is 0 Å². The molecule has 100 valence electrons. The fraction of sp³-hybridized carbons (Fsp3) is 0.417. The molecule has 0 spiro atoms. The molecule has 0 radical (unpaired) electrons. The first kappa shape index (κ1) is 12.2. The van der Waals surface area contributed by atoms with Crippen LogP contribution in [0.15, 0.2) is 22.9 Å². The molecule has 1 N–H and O–H groups in total. The predicted octanol–water partition coefficient (Wildman–Crippen LogP) is 1.32. The largest absolute Gasteiger partial charge is 0.380 e. The Balaban J connectivity index is 1.78. The maximum absolute atomic E-state index is 12.8. The Morgan fingerprint density at radius 2 is 2.37 bits per heavy atom. The van der Waals surface area contributed by atoms with Crippen LogP contribution >= 0.6 is 0 Å². The molecule has 0 aromatic carbocycles. The van der Waals surface area contributed by atoms with Crippen LogP contribution in [0.3, 0.4) is 0 Å². The smallest absolute Gasteiger partial charge is 0.244 e. The van der Waals surface area contributed by atoms with E-state index in [1.165, 1.54) is 12.1 Å². The number of methoxy groups -OCH3 is 1. The summed E-state index contributed by atoms with van der Waals surface area (Å²) in [6, 6.07) is 2.82. The van der Waals surface area contributed by atoms with Gasteiger partial charge in [-0.2, -0.15) is 4.98 Å². The molecule has 7 heteroatoms. The molecule has 1 saturated heterocycles. The molecule has 6 nitrogen and oxygen atoms in total. The molecule has 0 saturated carbocycles. The van der Waals surface area contributed by atoms with Gasteiger partial charge < -0.3 is 14.6 Å². The quantitative estimate of drug-likeness (QED) is 0.901. The third-order valence-corrected chi connectivity index (χ3v) is 3.12. The van der Waals surface area contributed by atoms with Crippen LogP contribution in [-0.4, -0.2) is 34.9 Å². The predicted molar refractivity (Wildman–Crippen MR) is 63.6 cm³/mol. The Kier molecular flexibility index (Phi) is 3.22. The number of aromatic nitrogens is 3. The molecule has 0 amide bonds. The van der Waals surface area contributed by atoms with Gasteiger partial charge in [0.1, 0.15) is 11.5 Å². The maximum atomic E-state index is 12.8. The highest BCUT2D eigenvalue weighted by molar-refractivity contribution is 5.47. The van der Waals surface area contributed by atoms with Gasteiger partial charge in [0.15, 0.2) is 0 Å². The van der Waals surface area contributed by atoms with E-state index in [-0.39, 0.29) is 12.1 Å². The minimum atomic E-state index is -0.395. The highest BCUT2D eigenvalue weighted by atomic mass is 19.1. The van der Waals surface area contributed by atoms with Gasteiger partial charge in [-0.15, -0.1) is 0 Å². The second-order valence-electron chi connectivity index (χ2n) is 4.37. The van der Waals surface area contributed by atoms with E-state index >= 15 is 0 Å². The number of hydrogen-bond donors (Lipinski definition) is 1. The second-order valence-corrected chi connectivity index (χ2v) is 4.37. The van der Waals surface area contributed by atoms with Crippen LogP contribution in [0.25, 0.3) is 11.5 Å². The molecule has 0 unspecified atom stereocenters. The molecule has 3 rings (SSSR count). The zero-order valence-electron chi connectivity index (χ0n) is 10.3. The van der Waals surface area contributed by atoms with Crippen molar-refractivity contribution in [1.29, 1.82) is 0 Å². The first-order valence-corrected chi connectivity index (χ1v) is 5.98. The van der Waals surface area contributed by atoms with Gasteiger partial charge in [0.25, 0.3) is 0 Å². The molecule has 0 bridgehead atoms. The summed E-state index contributed by atoms with van der Waals surface area (Å²) in [7, 11) is 1.68. The summed E-state index contributed by atoms with van der Waals surface area (Å²) in [5.41, 5.74) is 0.484. The molecule has 3 heterocycles. The lowest BCUT2D eigenvalue weighted by Crippen LogP contribution is -2.16. The topological polar surface area (TPSA) is 73.1 Å². The van der Waals surface area contributed by atoms with E-state index in [1.54, 1.807) is 7.11 Å². The van der Waals surface area contributed by atoms with Gasteiger partial charge in [-0.05, 0) is 18.6 Å². The van der Waals surface area contributed by atoms with Crippen molar-refractivity contribution in [1.82, 2.24) is 20.4 Å². The Morgan fingerprint density at radius 1 is 1.47 bits per heavy atom. The maximum Gasteiger partial charge on any atom is 0.244 e. The van der Waals surface area contributed by atoms with Crippen molar-refractivity contribution in [3.05, 3.63) is 30.0 Å². The highest BCUT2D eigenvalue weighted by Crippen LogP contribution is 2.25. The summed E-state index contributed by atoms with van der Waals surface area (Å²) < 4.78 is 23.3. The van der Waals surface area contributed by atoms with E-state index < -0.39 is 5.82 Å². The van der Waals surface area contributed by atoms with Gasteiger partial charge in [-0.3, -0.25) is 0 Å². The zero-order chi connectivity index (χ0) is 13.2. The van der Waals surface area contributed by atoms with Crippen molar-refractivity contribution >= 4 is 0 Å². The monoisotopic (exact) mass is 264 g/mol. The fourth-order valence-corrected chi connectivity index (χ4v) is 2.06. The number of rotatable bonds is 3. The number of nitrogens with zero attached hydrogens (tertiary/aromatic N) is 3. The minimum absolute atomic E-state index is 0.00773. The molecule has 1 fully saturated rings. The van der Waals surface area contributed by atoms with Gasteiger partial charge in [0, 0.05) is 13.7 Å². The van der Waals surface area contributed by atoms with E-state index in [9.17, 15) is 4.39 Å². The Morgan fingerprint density at radius 3 is 3.05 bits per heavy atom. The molecule has 0 aliphatic carbocycles. The average Bonchev–Trinajstić information content (AvgIpc) is 3.08. The number of hydrogen-bond acceptors (Lipinski definition) is 6. The van der Waals surface area contributed by atoms with Gasteiger partial charge >= 0.3 is 0 Å². The Bertz CT molecular complexity index is 557. The number of nitrogens with one attached hydrogen (secondary N) is 1. The molecule has 1 aliphatic heterocycles. The van der Waals surface area contributed by atoms with Crippen molar-refractivity contribution in [2.24, 2.45) is 0 Å². The van der Waals surface area contributed by atoms with Crippen LogP contribution in [0.4, 0.5) is 4.39 Å². The summed E-state index contributed by atoms with van der Waals surface area (Å²) in [6.45, 7) is 0.758. The first-order chi connectivity index (χ1) is 9.26. The van der Waals surface area contributed by atoms with Crippen molar-refractivity contribution in [2.45, 2.75) is 18.6 Å². The van der Waals surface area contributed by atoms with Crippen LogP contribution in [0.1, 0.15) is 18.4 Å². The summed E-state index contributed by atoms with van der Waals surface area (Å²) in [5.74, 6) is 0.464. The lowest BCUT2D eigenvalue weighted by Gasteiger charge is -2.04. The lowest BCUT2D eigenvalue weighted by molar-refractivity contribution is 0.116. The summed E-state index contributed by atoms with van der Waals surface area (Å²) in [4.78, 5) is 8.19.